The molecule has 0 bridgehead atoms. The normalized spacial score (nSPS) is 21.3. The summed E-state index contributed by atoms with van der Waals surface area (Å²) in [6, 6.07) is 9.15. The Balaban J connectivity index is 1.33. The maximum atomic E-state index is 14.1. The van der Waals surface area contributed by atoms with Gasteiger partial charge < -0.3 is 9.80 Å². The number of nitriles is 1. The zero-order chi connectivity index (χ0) is 21.1. The van der Waals surface area contributed by atoms with E-state index in [-0.39, 0.29) is 29.1 Å². The summed E-state index contributed by atoms with van der Waals surface area (Å²) in [5.74, 6) is -1.16. The average Bonchev–Trinajstić information content (AvgIpc) is 3.29. The molecular formula is C21H21FN6O2. The highest BCUT2D eigenvalue weighted by Gasteiger charge is 2.35. The summed E-state index contributed by atoms with van der Waals surface area (Å²) in [5.41, 5.74) is 7.32. The van der Waals surface area contributed by atoms with Gasteiger partial charge in [0.15, 0.2) is 0 Å². The minimum absolute atomic E-state index is 0.00914. The second-order valence-electron chi connectivity index (χ2n) is 7.34. The van der Waals surface area contributed by atoms with Crippen LogP contribution < -0.4 is 10.9 Å². The van der Waals surface area contributed by atoms with Gasteiger partial charge in [-0.1, -0.05) is 6.07 Å². The predicted molar refractivity (Wildman–Crippen MR) is 105 cm³/mol. The van der Waals surface area contributed by atoms with Gasteiger partial charge in [-0.2, -0.15) is 5.26 Å². The summed E-state index contributed by atoms with van der Waals surface area (Å²) in [5, 5.41) is 8.83. The number of nitrogens with zero attached hydrogens (tertiary/aromatic N) is 4. The van der Waals surface area contributed by atoms with E-state index in [4.69, 9.17) is 5.26 Å². The third-order valence-corrected chi connectivity index (χ3v) is 5.50. The van der Waals surface area contributed by atoms with Crippen molar-refractivity contribution in [1.29, 1.82) is 5.26 Å². The van der Waals surface area contributed by atoms with Crippen LogP contribution in [0.3, 0.4) is 0 Å². The number of piperazine rings is 1. The van der Waals surface area contributed by atoms with Crippen molar-refractivity contribution in [2.75, 3.05) is 26.2 Å². The molecule has 1 aromatic heterocycles. The molecule has 3 heterocycles. The zero-order valence-electron chi connectivity index (χ0n) is 16.2. The third kappa shape index (κ3) is 4.01. The van der Waals surface area contributed by atoms with Crippen LogP contribution in [-0.4, -0.2) is 58.8 Å². The number of hydrogen-bond donors (Lipinski definition) is 2. The quantitative estimate of drug-likeness (QED) is 0.785. The smallest absolute Gasteiger partial charge is 0.256 e. The number of pyridine rings is 1. The minimum atomic E-state index is -0.708. The first-order chi connectivity index (χ1) is 14.6. The van der Waals surface area contributed by atoms with Crippen LogP contribution in [-0.2, 0) is 4.79 Å². The second kappa shape index (κ2) is 8.57. The number of amides is 2. The Kier molecular flexibility index (Phi) is 5.70. The van der Waals surface area contributed by atoms with Crippen LogP contribution in [0.25, 0.3) is 0 Å². The van der Waals surface area contributed by atoms with E-state index in [1.807, 2.05) is 18.2 Å². The molecule has 0 aliphatic carbocycles. The van der Waals surface area contributed by atoms with Crippen LogP contribution in [0.4, 0.5) is 4.39 Å². The van der Waals surface area contributed by atoms with Gasteiger partial charge >= 0.3 is 0 Å². The highest BCUT2D eigenvalue weighted by atomic mass is 19.1. The van der Waals surface area contributed by atoms with Crippen LogP contribution in [0.5, 0.6) is 0 Å². The van der Waals surface area contributed by atoms with E-state index in [0.29, 0.717) is 32.6 Å². The number of halogens is 1. The van der Waals surface area contributed by atoms with E-state index in [2.05, 4.69) is 15.8 Å². The monoisotopic (exact) mass is 408 g/mol. The fraction of sp³-hybridized carbons (Fsp3) is 0.333. The van der Waals surface area contributed by atoms with Crippen molar-refractivity contribution in [3.05, 3.63) is 65.2 Å². The molecule has 2 atom stereocenters. The van der Waals surface area contributed by atoms with Gasteiger partial charge in [-0.3, -0.25) is 14.6 Å². The number of rotatable bonds is 3. The Bertz CT molecular complexity index is 985. The maximum Gasteiger partial charge on any atom is 0.256 e. The fourth-order valence-corrected chi connectivity index (χ4v) is 3.80. The molecule has 30 heavy (non-hydrogen) atoms. The molecule has 4 rings (SSSR count). The summed E-state index contributed by atoms with van der Waals surface area (Å²) >= 11 is 0. The van der Waals surface area contributed by atoms with Gasteiger partial charge in [-0.15, -0.1) is 0 Å². The van der Waals surface area contributed by atoms with Gasteiger partial charge in [-0.25, -0.2) is 15.2 Å². The first-order valence-corrected chi connectivity index (χ1v) is 9.75. The van der Waals surface area contributed by atoms with E-state index in [9.17, 15) is 14.0 Å². The van der Waals surface area contributed by atoms with Crippen LogP contribution in [0.15, 0.2) is 42.7 Å². The van der Waals surface area contributed by atoms with Crippen molar-refractivity contribution in [2.45, 2.75) is 18.5 Å². The lowest BCUT2D eigenvalue weighted by molar-refractivity contribution is -0.134. The molecule has 8 nitrogen and oxygen atoms in total. The zero-order valence-corrected chi connectivity index (χ0v) is 16.2. The van der Waals surface area contributed by atoms with Gasteiger partial charge in [0, 0.05) is 44.6 Å². The molecule has 2 unspecified atom stereocenters. The number of hydrogen-bond acceptors (Lipinski definition) is 6. The van der Waals surface area contributed by atoms with Gasteiger partial charge in [-0.05, 0) is 36.2 Å². The number of aromatic nitrogens is 1. The summed E-state index contributed by atoms with van der Waals surface area (Å²) in [7, 11) is 0. The maximum absolute atomic E-state index is 14.1. The molecule has 2 amide bonds. The van der Waals surface area contributed by atoms with Crippen LogP contribution in [0, 0.1) is 17.1 Å². The van der Waals surface area contributed by atoms with Crippen molar-refractivity contribution in [1.82, 2.24) is 25.6 Å². The molecular weight excluding hydrogens is 387 g/mol. The van der Waals surface area contributed by atoms with E-state index < -0.39 is 11.7 Å². The van der Waals surface area contributed by atoms with E-state index in [1.54, 1.807) is 17.3 Å². The van der Waals surface area contributed by atoms with Crippen LogP contribution in [0.1, 0.15) is 33.9 Å². The van der Waals surface area contributed by atoms with Gasteiger partial charge in [0.05, 0.1) is 17.2 Å². The van der Waals surface area contributed by atoms with E-state index in [1.165, 1.54) is 17.0 Å². The first kappa shape index (κ1) is 19.9. The highest BCUT2D eigenvalue weighted by molar-refractivity contribution is 5.95. The second-order valence-corrected chi connectivity index (χ2v) is 7.34. The third-order valence-electron chi connectivity index (χ3n) is 5.50. The molecule has 2 aromatic rings. The molecule has 9 heteroatoms. The molecule has 1 aromatic carbocycles. The molecule has 2 aliphatic heterocycles. The summed E-state index contributed by atoms with van der Waals surface area (Å²) in [6.07, 6.45) is 4.10. The predicted octanol–water partition coefficient (Wildman–Crippen LogP) is 0.985. The summed E-state index contributed by atoms with van der Waals surface area (Å²) < 4.78 is 14.1. The van der Waals surface area contributed by atoms with Gasteiger partial charge in [0.2, 0.25) is 5.91 Å². The fourth-order valence-electron chi connectivity index (χ4n) is 3.80. The Morgan fingerprint density at radius 3 is 2.57 bits per heavy atom. The number of carbonyl (C=O) groups is 2. The van der Waals surface area contributed by atoms with Crippen molar-refractivity contribution < 1.29 is 14.0 Å². The average molecular weight is 408 g/mol. The number of carbonyl (C=O) groups excluding carboxylic acids is 2. The summed E-state index contributed by atoms with van der Waals surface area (Å²) in [4.78, 5) is 32.9. The Morgan fingerprint density at radius 2 is 1.90 bits per heavy atom. The molecule has 0 spiro atoms. The lowest BCUT2D eigenvalue weighted by Crippen LogP contribution is -2.54. The number of benzene rings is 1. The minimum Gasteiger partial charge on any atom is -0.338 e. The molecule has 2 fully saturated rings. The Morgan fingerprint density at radius 1 is 1.13 bits per heavy atom. The molecule has 2 aliphatic rings. The molecule has 154 valence electrons. The van der Waals surface area contributed by atoms with Crippen molar-refractivity contribution in [3.63, 3.8) is 0 Å². The first-order valence-electron chi connectivity index (χ1n) is 9.75. The topological polar surface area (TPSA) is 101 Å². The molecule has 0 radical (unpaired) electrons. The lowest BCUT2D eigenvalue weighted by Gasteiger charge is -2.36. The highest BCUT2D eigenvalue weighted by Crippen LogP contribution is 2.23. The van der Waals surface area contributed by atoms with Crippen molar-refractivity contribution >= 4 is 11.8 Å². The van der Waals surface area contributed by atoms with E-state index in [0.717, 1.165) is 11.6 Å². The largest absolute Gasteiger partial charge is 0.338 e. The van der Waals surface area contributed by atoms with Crippen molar-refractivity contribution in [3.8, 4) is 6.07 Å². The number of nitrogens with one attached hydrogen (secondary N) is 2. The Hall–Kier alpha value is -3.35. The summed E-state index contributed by atoms with van der Waals surface area (Å²) in [6.45, 7) is 1.43. The van der Waals surface area contributed by atoms with Crippen LogP contribution >= 0.6 is 0 Å². The van der Waals surface area contributed by atoms with Crippen molar-refractivity contribution in [2.24, 2.45) is 0 Å². The molecule has 2 saturated heterocycles. The van der Waals surface area contributed by atoms with E-state index >= 15 is 0 Å². The standard InChI is InChI=1S/C21H21FN6O2/c22-17-10-14(12-23)3-4-16(17)20(29)27-6-8-28(9-7-27)21(30)19-11-18(25-26-19)15-2-1-5-24-13-15/h1-5,10,13,18-19,25-26H,6-9,11H2. The molecule has 0 saturated carbocycles. The van der Waals surface area contributed by atoms with Gasteiger partial charge in [0.25, 0.3) is 5.91 Å². The Labute approximate surface area is 173 Å². The SMILES string of the molecule is N#Cc1ccc(C(=O)N2CCN(C(=O)C3CC(c4cccnc4)NN3)CC2)c(F)c1. The number of hydrazine groups is 1. The molecule has 2 N–H and O–H groups in total. The van der Waals surface area contributed by atoms with Crippen LogP contribution in [0.2, 0.25) is 0 Å². The van der Waals surface area contributed by atoms with Gasteiger partial charge in [0.1, 0.15) is 11.9 Å². The lowest BCUT2D eigenvalue weighted by atomic mass is 10.0.